The molecule has 0 saturated heterocycles. The number of carboxylic acid groups (broad SMARTS) is 2. The fourth-order valence-corrected chi connectivity index (χ4v) is 3.42. The third-order valence-electron chi connectivity index (χ3n) is 4.78. The van der Waals surface area contributed by atoms with Gasteiger partial charge in [-0.3, -0.25) is 9.59 Å². The van der Waals surface area contributed by atoms with Gasteiger partial charge < -0.3 is 29.2 Å². The van der Waals surface area contributed by atoms with Crippen LogP contribution >= 0.6 is 0 Å². The van der Waals surface area contributed by atoms with E-state index in [4.69, 9.17) is 18.9 Å². The van der Waals surface area contributed by atoms with Gasteiger partial charge >= 0.3 is 11.9 Å². The van der Waals surface area contributed by atoms with Gasteiger partial charge in [0.1, 0.15) is 0 Å². The molecule has 2 N–H and O–H groups in total. The van der Waals surface area contributed by atoms with Gasteiger partial charge in [0, 0.05) is 5.41 Å². The molecule has 0 spiro atoms. The van der Waals surface area contributed by atoms with Crippen molar-refractivity contribution >= 4 is 11.9 Å². The highest BCUT2D eigenvalue weighted by atomic mass is 16.5. The first-order valence-corrected chi connectivity index (χ1v) is 8.70. The van der Waals surface area contributed by atoms with E-state index in [2.05, 4.69) is 0 Å². The van der Waals surface area contributed by atoms with E-state index in [0.29, 0.717) is 34.1 Å². The molecule has 0 aromatic heterocycles. The molecule has 8 heteroatoms. The van der Waals surface area contributed by atoms with Crippen molar-refractivity contribution in [3.63, 3.8) is 0 Å². The lowest BCUT2D eigenvalue weighted by atomic mass is 9.69. The van der Waals surface area contributed by atoms with Crippen LogP contribution in [0.1, 0.15) is 24.0 Å². The summed E-state index contributed by atoms with van der Waals surface area (Å²) in [5, 5.41) is 19.3. The molecule has 0 atom stereocenters. The third kappa shape index (κ3) is 4.53. The van der Waals surface area contributed by atoms with Gasteiger partial charge in [-0.1, -0.05) is 12.1 Å². The molecule has 0 saturated carbocycles. The van der Waals surface area contributed by atoms with Crippen LogP contribution in [0.4, 0.5) is 0 Å². The number of hydrogen-bond donors (Lipinski definition) is 2. The summed E-state index contributed by atoms with van der Waals surface area (Å²) in [4.78, 5) is 23.6. The van der Waals surface area contributed by atoms with Gasteiger partial charge in [0.25, 0.3) is 0 Å². The quantitative estimate of drug-likeness (QED) is 0.622. The van der Waals surface area contributed by atoms with E-state index in [1.165, 1.54) is 28.4 Å². The molecule has 0 amide bonds. The molecule has 2 aromatic carbocycles. The highest BCUT2D eigenvalue weighted by molar-refractivity contribution is 5.76. The zero-order valence-electron chi connectivity index (χ0n) is 16.7. The average molecular weight is 404 g/mol. The normalized spacial score (nSPS) is 10.9. The van der Waals surface area contributed by atoms with E-state index in [9.17, 15) is 19.8 Å². The molecule has 0 aliphatic heterocycles. The van der Waals surface area contributed by atoms with Crippen LogP contribution in [0.25, 0.3) is 0 Å². The Hall–Kier alpha value is -3.42. The summed E-state index contributed by atoms with van der Waals surface area (Å²) in [5.41, 5.74) is -0.448. The molecule has 0 heterocycles. The molecule has 0 fully saturated rings. The highest BCUT2D eigenvalue weighted by Crippen LogP contribution is 2.44. The Bertz CT molecular complexity index is 817. The number of aliphatic carboxylic acids is 2. The first-order chi connectivity index (χ1) is 13.8. The summed E-state index contributed by atoms with van der Waals surface area (Å²) < 4.78 is 21.2. The van der Waals surface area contributed by atoms with Gasteiger partial charge in [-0.25, -0.2) is 0 Å². The monoisotopic (exact) mass is 404 g/mol. The molecule has 0 radical (unpaired) electrons. The van der Waals surface area contributed by atoms with Crippen molar-refractivity contribution in [3.8, 4) is 23.0 Å². The molecule has 0 aliphatic carbocycles. The second kappa shape index (κ2) is 9.18. The van der Waals surface area contributed by atoms with Crippen LogP contribution in [-0.2, 0) is 15.0 Å². The first kappa shape index (κ1) is 21.9. The maximum atomic E-state index is 11.8. The van der Waals surface area contributed by atoms with Crippen molar-refractivity contribution in [1.82, 2.24) is 0 Å². The van der Waals surface area contributed by atoms with E-state index in [1.54, 1.807) is 36.4 Å². The number of benzene rings is 2. The zero-order chi connectivity index (χ0) is 21.6. The highest BCUT2D eigenvalue weighted by Gasteiger charge is 2.40. The van der Waals surface area contributed by atoms with Crippen LogP contribution in [0.3, 0.4) is 0 Å². The van der Waals surface area contributed by atoms with Crippen LogP contribution in [0.15, 0.2) is 36.4 Å². The molecule has 2 rings (SSSR count). The number of hydrogen-bond acceptors (Lipinski definition) is 6. The Morgan fingerprint density at radius 1 is 0.690 bits per heavy atom. The first-order valence-electron chi connectivity index (χ1n) is 8.70. The Labute approximate surface area is 168 Å². The van der Waals surface area contributed by atoms with E-state index >= 15 is 0 Å². The summed E-state index contributed by atoms with van der Waals surface area (Å²) >= 11 is 0. The fraction of sp³-hybridized carbons (Fsp3) is 0.333. The Balaban J connectivity index is 2.81. The van der Waals surface area contributed by atoms with Crippen molar-refractivity contribution in [2.24, 2.45) is 0 Å². The topological polar surface area (TPSA) is 112 Å². The SMILES string of the molecule is COc1ccc(C(CC(=O)O)(CC(=O)O)c2ccc(OC)c(OC)c2)cc1OC. The minimum Gasteiger partial charge on any atom is -0.493 e. The number of methoxy groups -OCH3 is 4. The zero-order valence-corrected chi connectivity index (χ0v) is 16.7. The number of rotatable bonds is 10. The largest absolute Gasteiger partial charge is 0.493 e. The lowest BCUT2D eigenvalue weighted by Gasteiger charge is -2.33. The van der Waals surface area contributed by atoms with Crippen molar-refractivity contribution in [3.05, 3.63) is 47.5 Å². The lowest BCUT2D eigenvalue weighted by molar-refractivity contribution is -0.140. The van der Waals surface area contributed by atoms with Crippen molar-refractivity contribution in [1.29, 1.82) is 0 Å². The van der Waals surface area contributed by atoms with Crippen molar-refractivity contribution < 1.29 is 38.7 Å². The van der Waals surface area contributed by atoms with Gasteiger partial charge in [-0.2, -0.15) is 0 Å². The fourth-order valence-electron chi connectivity index (χ4n) is 3.42. The minimum atomic E-state index is -1.38. The van der Waals surface area contributed by atoms with E-state index in [1.807, 2.05) is 0 Å². The smallest absolute Gasteiger partial charge is 0.304 e. The van der Waals surface area contributed by atoms with Crippen LogP contribution < -0.4 is 18.9 Å². The van der Waals surface area contributed by atoms with Crippen LogP contribution in [0, 0.1) is 0 Å². The number of carbonyl (C=O) groups is 2. The summed E-state index contributed by atoms with van der Waals surface area (Å²) in [6, 6.07) is 9.72. The lowest BCUT2D eigenvalue weighted by Crippen LogP contribution is -2.34. The van der Waals surface area contributed by atoms with Gasteiger partial charge in [0.2, 0.25) is 0 Å². The van der Waals surface area contributed by atoms with Crippen LogP contribution in [-0.4, -0.2) is 50.6 Å². The predicted molar refractivity (Wildman–Crippen MR) is 104 cm³/mol. The maximum Gasteiger partial charge on any atom is 0.304 e. The summed E-state index contributed by atoms with van der Waals surface area (Å²) in [6.45, 7) is 0. The second-order valence-corrected chi connectivity index (χ2v) is 6.36. The van der Waals surface area contributed by atoms with E-state index in [-0.39, 0.29) is 0 Å². The van der Waals surface area contributed by atoms with Crippen molar-refractivity contribution in [2.45, 2.75) is 18.3 Å². The summed E-state index contributed by atoms with van der Waals surface area (Å²) in [7, 11) is 5.86. The van der Waals surface area contributed by atoms with E-state index < -0.39 is 30.2 Å². The summed E-state index contributed by atoms with van der Waals surface area (Å²) in [6.07, 6.45) is -0.908. The maximum absolute atomic E-state index is 11.8. The van der Waals surface area contributed by atoms with Gasteiger partial charge in [0.15, 0.2) is 23.0 Å². The molecule has 0 unspecified atom stereocenters. The molecule has 0 aliphatic rings. The third-order valence-corrected chi connectivity index (χ3v) is 4.78. The molecular weight excluding hydrogens is 380 g/mol. The Morgan fingerprint density at radius 2 is 1.03 bits per heavy atom. The molecular formula is C21H24O8. The average Bonchev–Trinajstić information content (AvgIpc) is 2.71. The molecule has 29 heavy (non-hydrogen) atoms. The Kier molecular flexibility index (Phi) is 6.93. The number of ether oxygens (including phenoxy) is 4. The number of carboxylic acids is 2. The Morgan fingerprint density at radius 3 is 1.31 bits per heavy atom. The summed E-state index contributed by atoms with van der Waals surface area (Å²) in [5.74, 6) is -0.658. The minimum absolute atomic E-state index is 0.366. The second-order valence-electron chi connectivity index (χ2n) is 6.36. The van der Waals surface area contributed by atoms with E-state index in [0.717, 1.165) is 0 Å². The standard InChI is InChI=1S/C21H24O8/c1-26-15-7-5-13(9-17(15)28-3)21(11-19(22)23,12-20(24)25)14-6-8-16(27-2)18(10-14)29-4/h5-10H,11-12H2,1-4H3,(H,22,23)(H,24,25). The van der Waals surface area contributed by atoms with Crippen LogP contribution in [0.2, 0.25) is 0 Å². The molecule has 0 bridgehead atoms. The molecule has 2 aromatic rings. The molecule has 156 valence electrons. The molecule has 8 nitrogen and oxygen atoms in total. The van der Waals surface area contributed by atoms with Crippen molar-refractivity contribution in [2.75, 3.05) is 28.4 Å². The van der Waals surface area contributed by atoms with Crippen LogP contribution in [0.5, 0.6) is 23.0 Å². The predicted octanol–water partition coefficient (Wildman–Crippen LogP) is 2.96. The van der Waals surface area contributed by atoms with Gasteiger partial charge in [0.05, 0.1) is 41.3 Å². The van der Waals surface area contributed by atoms with Gasteiger partial charge in [-0.05, 0) is 35.4 Å². The van der Waals surface area contributed by atoms with Gasteiger partial charge in [-0.15, -0.1) is 0 Å².